The van der Waals surface area contributed by atoms with Gasteiger partial charge in [0.15, 0.2) is 0 Å². The lowest BCUT2D eigenvalue weighted by Gasteiger charge is -2.44. The summed E-state index contributed by atoms with van der Waals surface area (Å²) >= 11 is 0. The number of aliphatic carboxylic acids is 2. The number of ether oxygens (including phenoxy) is 1. The van der Waals surface area contributed by atoms with Gasteiger partial charge >= 0.3 is 11.9 Å². The van der Waals surface area contributed by atoms with Crippen molar-refractivity contribution in [1.82, 2.24) is 4.90 Å². The second kappa shape index (κ2) is 7.23. The summed E-state index contributed by atoms with van der Waals surface area (Å²) < 4.78 is 5.18. The van der Waals surface area contributed by atoms with E-state index in [0.29, 0.717) is 35.7 Å². The van der Waals surface area contributed by atoms with Crippen LogP contribution in [0.15, 0.2) is 46.8 Å². The van der Waals surface area contributed by atoms with Crippen molar-refractivity contribution >= 4 is 11.9 Å². The van der Waals surface area contributed by atoms with E-state index in [1.807, 2.05) is 13.8 Å². The van der Waals surface area contributed by atoms with Crippen LogP contribution >= 0.6 is 0 Å². The first kappa shape index (κ1) is 19.6. The molecule has 1 aromatic carbocycles. The molecule has 2 rings (SSSR count). The van der Waals surface area contributed by atoms with Gasteiger partial charge in [-0.2, -0.15) is 0 Å². The molecule has 1 aliphatic rings. The summed E-state index contributed by atoms with van der Waals surface area (Å²) in [5, 5.41) is 20.0. The predicted octanol–water partition coefficient (Wildman–Crippen LogP) is 3.40. The predicted molar refractivity (Wildman–Crippen MR) is 98.0 cm³/mol. The van der Waals surface area contributed by atoms with Crippen molar-refractivity contribution in [2.75, 3.05) is 13.7 Å². The third kappa shape index (κ3) is 2.75. The molecule has 0 aliphatic carbocycles. The van der Waals surface area contributed by atoms with Crippen molar-refractivity contribution < 1.29 is 24.5 Å². The summed E-state index contributed by atoms with van der Waals surface area (Å²) in [5.41, 5.74) is 0.750. The quantitative estimate of drug-likeness (QED) is 0.809. The molecule has 1 aromatic rings. The highest BCUT2D eigenvalue weighted by Gasteiger charge is 2.50. The highest BCUT2D eigenvalue weighted by molar-refractivity contribution is 6.00. The largest absolute Gasteiger partial charge is 0.497 e. The van der Waals surface area contributed by atoms with E-state index in [0.717, 1.165) is 0 Å². The summed E-state index contributed by atoms with van der Waals surface area (Å²) in [4.78, 5) is 26.2. The third-order valence-corrected chi connectivity index (χ3v) is 5.24. The molecule has 140 valence electrons. The number of carboxylic acid groups (broad SMARTS) is 2. The van der Waals surface area contributed by atoms with E-state index in [1.54, 1.807) is 50.1 Å². The van der Waals surface area contributed by atoms with Gasteiger partial charge in [0.1, 0.15) is 5.75 Å². The average molecular weight is 359 g/mol. The summed E-state index contributed by atoms with van der Waals surface area (Å²) in [7, 11) is 1.55. The van der Waals surface area contributed by atoms with E-state index >= 15 is 0 Å². The molecule has 0 radical (unpaired) electrons. The first-order valence-electron chi connectivity index (χ1n) is 8.57. The van der Waals surface area contributed by atoms with Gasteiger partial charge in [0.2, 0.25) is 0 Å². The zero-order valence-electron chi connectivity index (χ0n) is 15.8. The van der Waals surface area contributed by atoms with Crippen LogP contribution in [-0.2, 0) is 15.0 Å². The molecule has 0 aromatic heterocycles. The van der Waals surface area contributed by atoms with Crippen LogP contribution < -0.4 is 4.74 Å². The van der Waals surface area contributed by atoms with Crippen molar-refractivity contribution in [3.05, 3.63) is 52.4 Å². The molecule has 6 nitrogen and oxygen atoms in total. The molecule has 0 bridgehead atoms. The highest BCUT2D eigenvalue weighted by atomic mass is 16.5. The van der Waals surface area contributed by atoms with Gasteiger partial charge in [0.25, 0.3) is 0 Å². The van der Waals surface area contributed by atoms with Crippen LogP contribution in [-0.4, -0.2) is 40.7 Å². The van der Waals surface area contributed by atoms with E-state index in [1.165, 1.54) is 0 Å². The Kier molecular flexibility index (Phi) is 5.44. The fourth-order valence-corrected chi connectivity index (χ4v) is 4.13. The topological polar surface area (TPSA) is 87.1 Å². The molecular weight excluding hydrogens is 334 g/mol. The van der Waals surface area contributed by atoms with Crippen molar-refractivity contribution in [3.63, 3.8) is 0 Å². The van der Waals surface area contributed by atoms with Crippen LogP contribution in [0.5, 0.6) is 5.75 Å². The van der Waals surface area contributed by atoms with Crippen LogP contribution in [0.1, 0.15) is 39.7 Å². The number of hydrogen-bond acceptors (Lipinski definition) is 4. The monoisotopic (exact) mass is 359 g/mol. The first-order chi connectivity index (χ1) is 12.3. The number of carboxylic acids is 2. The highest BCUT2D eigenvalue weighted by Crippen LogP contribution is 2.49. The van der Waals surface area contributed by atoms with Gasteiger partial charge in [-0.05, 0) is 44.9 Å². The number of methoxy groups -OCH3 is 1. The van der Waals surface area contributed by atoms with Crippen LogP contribution in [0.25, 0.3) is 0 Å². The minimum Gasteiger partial charge on any atom is -0.497 e. The van der Waals surface area contributed by atoms with E-state index in [2.05, 4.69) is 0 Å². The van der Waals surface area contributed by atoms with E-state index in [9.17, 15) is 19.8 Å². The van der Waals surface area contributed by atoms with Crippen molar-refractivity contribution in [2.45, 2.75) is 39.5 Å². The van der Waals surface area contributed by atoms with Gasteiger partial charge in [-0.25, -0.2) is 9.59 Å². The normalized spacial score (nSPS) is 16.7. The van der Waals surface area contributed by atoms with Crippen LogP contribution in [0.4, 0.5) is 0 Å². The zero-order valence-corrected chi connectivity index (χ0v) is 15.8. The summed E-state index contributed by atoms with van der Waals surface area (Å²) in [5.74, 6) is -1.59. The maximum Gasteiger partial charge on any atom is 0.334 e. The molecule has 0 amide bonds. The fraction of sp³-hybridized carbons (Fsp3) is 0.400. The molecule has 6 heteroatoms. The maximum atomic E-state index is 12.2. The standard InChI is InChI=1S/C20H25NO5/c1-6-20(14-8-10-15(26-5)11-9-14)16(18(22)23)12(3)21(7-2)13(4)17(20)19(24)25/h8-11H,6-7H2,1-5H3,(H,22,23)(H,24,25). The van der Waals surface area contributed by atoms with Crippen molar-refractivity contribution in [1.29, 1.82) is 0 Å². The Hall–Kier alpha value is -2.76. The molecule has 26 heavy (non-hydrogen) atoms. The average Bonchev–Trinajstić information content (AvgIpc) is 2.60. The van der Waals surface area contributed by atoms with Crippen LogP contribution in [0.2, 0.25) is 0 Å². The Labute approximate surface area is 153 Å². The maximum absolute atomic E-state index is 12.2. The number of nitrogens with zero attached hydrogens (tertiary/aromatic N) is 1. The van der Waals surface area contributed by atoms with E-state index < -0.39 is 17.4 Å². The smallest absolute Gasteiger partial charge is 0.334 e. The van der Waals surface area contributed by atoms with Crippen LogP contribution in [0, 0.1) is 0 Å². The van der Waals surface area contributed by atoms with Gasteiger partial charge in [-0.1, -0.05) is 19.1 Å². The lowest BCUT2D eigenvalue weighted by atomic mass is 9.64. The Morgan fingerprint density at radius 2 is 1.46 bits per heavy atom. The Bertz CT molecular complexity index is 751. The molecule has 0 unspecified atom stereocenters. The molecular formula is C20H25NO5. The fourth-order valence-electron chi connectivity index (χ4n) is 4.13. The number of carbonyl (C=O) groups is 2. The number of hydrogen-bond donors (Lipinski definition) is 2. The minimum atomic E-state index is -1.23. The van der Waals surface area contributed by atoms with Crippen molar-refractivity contribution in [2.24, 2.45) is 0 Å². The van der Waals surface area contributed by atoms with Gasteiger partial charge in [0.05, 0.1) is 23.7 Å². The minimum absolute atomic E-state index is 0.106. The summed E-state index contributed by atoms with van der Waals surface area (Å²) in [6.45, 7) is 7.66. The second-order valence-corrected chi connectivity index (χ2v) is 6.26. The van der Waals surface area contributed by atoms with E-state index in [-0.39, 0.29) is 11.1 Å². The summed E-state index contributed by atoms with van der Waals surface area (Å²) in [6.07, 6.45) is 0.314. The zero-order chi connectivity index (χ0) is 19.6. The van der Waals surface area contributed by atoms with Crippen LogP contribution in [0.3, 0.4) is 0 Å². The Morgan fingerprint density at radius 3 is 1.77 bits per heavy atom. The molecule has 0 spiro atoms. The number of benzene rings is 1. The third-order valence-electron chi connectivity index (χ3n) is 5.24. The molecule has 1 aliphatic heterocycles. The molecule has 0 saturated heterocycles. The van der Waals surface area contributed by atoms with Crippen molar-refractivity contribution in [3.8, 4) is 5.75 Å². The van der Waals surface area contributed by atoms with Gasteiger partial charge < -0.3 is 19.8 Å². The second-order valence-electron chi connectivity index (χ2n) is 6.26. The Morgan fingerprint density at radius 1 is 1.00 bits per heavy atom. The molecule has 1 heterocycles. The molecule has 0 atom stereocenters. The molecule has 2 N–H and O–H groups in total. The lowest BCUT2D eigenvalue weighted by molar-refractivity contribution is -0.134. The van der Waals surface area contributed by atoms with Gasteiger partial charge in [-0.3, -0.25) is 0 Å². The molecule has 0 fully saturated rings. The number of allylic oxidation sites excluding steroid dienone is 2. The van der Waals surface area contributed by atoms with E-state index in [4.69, 9.17) is 4.74 Å². The Balaban J connectivity index is 2.92. The SMILES string of the molecule is CCN1C(C)=C(C(=O)O)C(CC)(c2ccc(OC)cc2)C(C(=O)O)=C1C. The van der Waals surface area contributed by atoms with Gasteiger partial charge in [0, 0.05) is 17.9 Å². The number of rotatable bonds is 6. The van der Waals surface area contributed by atoms with Gasteiger partial charge in [-0.15, -0.1) is 0 Å². The molecule has 0 saturated carbocycles. The first-order valence-corrected chi connectivity index (χ1v) is 8.57. The lowest BCUT2D eigenvalue weighted by Crippen LogP contribution is -2.45. The summed E-state index contributed by atoms with van der Waals surface area (Å²) in [6, 6.07) is 6.94.